The van der Waals surface area contributed by atoms with Crippen molar-refractivity contribution in [1.82, 2.24) is 4.98 Å². The summed E-state index contributed by atoms with van der Waals surface area (Å²) in [6.07, 6.45) is 1.66. The highest BCUT2D eigenvalue weighted by Gasteiger charge is 2.17. The molecule has 0 aliphatic rings. The quantitative estimate of drug-likeness (QED) is 0.629. The van der Waals surface area contributed by atoms with Crippen LogP contribution in [0.4, 0.5) is 0 Å². The summed E-state index contributed by atoms with van der Waals surface area (Å²) in [6.45, 7) is 0. The van der Waals surface area contributed by atoms with Gasteiger partial charge >= 0.3 is 5.97 Å². The van der Waals surface area contributed by atoms with E-state index in [4.69, 9.17) is 5.11 Å². The van der Waals surface area contributed by atoms with Crippen LogP contribution in [0.15, 0.2) is 12.3 Å². The fourth-order valence-electron chi connectivity index (χ4n) is 1.04. The molecule has 2 aromatic heterocycles. The molecule has 5 heteroatoms. The highest BCUT2D eigenvalue weighted by atomic mass is 32.1. The molecule has 4 nitrogen and oxygen atoms in total. The van der Waals surface area contributed by atoms with E-state index in [0.29, 0.717) is 5.52 Å². The summed E-state index contributed by atoms with van der Waals surface area (Å²) in [7, 11) is 0. The molecule has 0 bridgehead atoms. The van der Waals surface area contributed by atoms with Crippen molar-refractivity contribution in [3.8, 4) is 5.75 Å². The molecule has 0 unspecified atom stereocenters. The van der Waals surface area contributed by atoms with Crippen LogP contribution in [0.3, 0.4) is 0 Å². The molecule has 0 atom stereocenters. The Bertz CT molecular complexity index is 442. The number of hydrogen-bond donors (Lipinski definition) is 3. The Kier molecular flexibility index (Phi) is 1.34. The molecule has 0 aliphatic carbocycles. The minimum Gasteiger partial charge on any atom is -0.504 e. The van der Waals surface area contributed by atoms with E-state index in [-0.39, 0.29) is 10.6 Å². The van der Waals surface area contributed by atoms with Gasteiger partial charge in [-0.1, -0.05) is 0 Å². The maximum atomic E-state index is 10.5. The lowest BCUT2D eigenvalue weighted by Gasteiger charge is -1.87. The molecule has 62 valence electrons. The van der Waals surface area contributed by atoms with Crippen LogP contribution in [0.2, 0.25) is 0 Å². The van der Waals surface area contributed by atoms with Crippen LogP contribution in [-0.2, 0) is 0 Å². The number of aromatic nitrogens is 1. The van der Waals surface area contributed by atoms with E-state index < -0.39 is 5.97 Å². The third kappa shape index (κ3) is 0.799. The van der Waals surface area contributed by atoms with Gasteiger partial charge in [0.1, 0.15) is 0 Å². The van der Waals surface area contributed by atoms with Gasteiger partial charge in [0.15, 0.2) is 10.6 Å². The van der Waals surface area contributed by atoms with Crippen molar-refractivity contribution in [3.63, 3.8) is 0 Å². The van der Waals surface area contributed by atoms with E-state index in [1.165, 1.54) is 0 Å². The van der Waals surface area contributed by atoms with Crippen LogP contribution in [0, 0.1) is 0 Å². The molecule has 0 saturated heterocycles. The number of aromatic hydroxyl groups is 1. The molecule has 0 spiro atoms. The maximum Gasteiger partial charge on any atom is 0.349 e. The zero-order valence-electron chi connectivity index (χ0n) is 5.87. The van der Waals surface area contributed by atoms with E-state index in [1.54, 1.807) is 12.3 Å². The average molecular weight is 183 g/mol. The van der Waals surface area contributed by atoms with Gasteiger partial charge in [-0.15, -0.1) is 11.3 Å². The molecule has 0 aromatic carbocycles. The number of carbonyl (C=O) groups is 1. The number of carboxylic acids is 1. The van der Waals surface area contributed by atoms with Crippen molar-refractivity contribution in [2.75, 3.05) is 0 Å². The second kappa shape index (κ2) is 2.25. The third-order valence-electron chi connectivity index (χ3n) is 1.57. The number of rotatable bonds is 1. The Hall–Kier alpha value is -1.49. The molecule has 0 fully saturated rings. The van der Waals surface area contributed by atoms with E-state index in [1.807, 2.05) is 0 Å². The van der Waals surface area contributed by atoms with Crippen LogP contribution in [-0.4, -0.2) is 21.2 Å². The lowest BCUT2D eigenvalue weighted by molar-refractivity contribution is 0.0699. The summed E-state index contributed by atoms with van der Waals surface area (Å²) >= 11 is 1.06. The van der Waals surface area contributed by atoms with Gasteiger partial charge in [-0.25, -0.2) is 4.79 Å². The van der Waals surface area contributed by atoms with Gasteiger partial charge in [0.05, 0.1) is 10.2 Å². The van der Waals surface area contributed by atoms with Gasteiger partial charge in [0.2, 0.25) is 0 Å². The lowest BCUT2D eigenvalue weighted by Crippen LogP contribution is -1.91. The highest BCUT2D eigenvalue weighted by molar-refractivity contribution is 7.21. The molecule has 2 rings (SSSR count). The van der Waals surface area contributed by atoms with Crippen molar-refractivity contribution in [1.29, 1.82) is 0 Å². The van der Waals surface area contributed by atoms with E-state index in [0.717, 1.165) is 16.0 Å². The summed E-state index contributed by atoms with van der Waals surface area (Å²) in [5, 5.41) is 18.0. The van der Waals surface area contributed by atoms with E-state index >= 15 is 0 Å². The van der Waals surface area contributed by atoms with Gasteiger partial charge in [0.25, 0.3) is 0 Å². The molecule has 12 heavy (non-hydrogen) atoms. The second-order valence-corrected chi connectivity index (χ2v) is 3.35. The van der Waals surface area contributed by atoms with E-state index in [2.05, 4.69) is 4.98 Å². The lowest BCUT2D eigenvalue weighted by atomic mass is 10.4. The molecule has 2 aromatic rings. The number of aromatic carboxylic acids is 1. The molecule has 0 radical (unpaired) electrons. The van der Waals surface area contributed by atoms with Crippen LogP contribution in [0.1, 0.15) is 9.67 Å². The maximum absolute atomic E-state index is 10.5. The minimum atomic E-state index is -1.10. The number of fused-ring (bicyclic) bond motifs is 1. The van der Waals surface area contributed by atoms with Crippen LogP contribution < -0.4 is 0 Å². The fourth-order valence-corrected chi connectivity index (χ4v) is 1.94. The summed E-state index contributed by atoms with van der Waals surface area (Å²) in [5.41, 5.74) is 0.498. The average Bonchev–Trinajstić information content (AvgIpc) is 2.53. The van der Waals surface area contributed by atoms with Gasteiger partial charge in [0, 0.05) is 6.20 Å². The fraction of sp³-hybridized carbons (Fsp3) is 0. The van der Waals surface area contributed by atoms with Crippen molar-refractivity contribution < 1.29 is 15.0 Å². The molecule has 0 aliphatic heterocycles. The van der Waals surface area contributed by atoms with Crippen molar-refractivity contribution in [2.24, 2.45) is 0 Å². The topological polar surface area (TPSA) is 73.3 Å². The Morgan fingerprint density at radius 1 is 1.58 bits per heavy atom. The molecule has 0 amide bonds. The van der Waals surface area contributed by atoms with Crippen molar-refractivity contribution in [3.05, 3.63) is 17.1 Å². The van der Waals surface area contributed by atoms with Gasteiger partial charge in [-0.05, 0) is 6.07 Å². The summed E-state index contributed by atoms with van der Waals surface area (Å²) < 4.78 is 0.755. The summed E-state index contributed by atoms with van der Waals surface area (Å²) in [4.78, 5) is 13.3. The largest absolute Gasteiger partial charge is 0.504 e. The van der Waals surface area contributed by atoms with Crippen molar-refractivity contribution in [2.45, 2.75) is 0 Å². The zero-order chi connectivity index (χ0) is 8.72. The van der Waals surface area contributed by atoms with Gasteiger partial charge in [-0.3, -0.25) is 0 Å². The molecule has 0 saturated carbocycles. The number of thiophene rings is 1. The van der Waals surface area contributed by atoms with Gasteiger partial charge in [-0.2, -0.15) is 0 Å². The summed E-state index contributed by atoms with van der Waals surface area (Å²) in [6, 6.07) is 1.73. The Labute approximate surface area is 71.1 Å². The molecule has 3 N–H and O–H groups in total. The Balaban J connectivity index is 2.78. The number of nitrogens with one attached hydrogen (secondary N) is 1. The van der Waals surface area contributed by atoms with Crippen LogP contribution in [0.5, 0.6) is 5.75 Å². The van der Waals surface area contributed by atoms with E-state index in [9.17, 15) is 9.90 Å². The van der Waals surface area contributed by atoms with Crippen LogP contribution >= 0.6 is 11.3 Å². The second-order valence-electron chi connectivity index (χ2n) is 2.30. The number of aromatic amines is 1. The first-order chi connectivity index (χ1) is 5.70. The molecule has 2 heterocycles. The monoisotopic (exact) mass is 183 g/mol. The number of H-pyrrole nitrogens is 1. The van der Waals surface area contributed by atoms with Gasteiger partial charge < -0.3 is 15.2 Å². The predicted molar refractivity (Wildman–Crippen MR) is 44.8 cm³/mol. The smallest absolute Gasteiger partial charge is 0.349 e. The van der Waals surface area contributed by atoms with Crippen LogP contribution in [0.25, 0.3) is 10.2 Å². The normalized spacial score (nSPS) is 10.7. The van der Waals surface area contributed by atoms with Crippen molar-refractivity contribution >= 4 is 27.5 Å². The Morgan fingerprint density at radius 3 is 2.92 bits per heavy atom. The standard InChI is InChI=1S/C7H5NO3S/c9-5-4-3(1-2-8-4)12-6(5)7(10)11/h1-2,8-9H,(H,10,11). The minimum absolute atomic E-state index is 0.0168. The SMILES string of the molecule is O=C(O)c1sc2cc[nH]c2c1O. The number of hydrogen-bond acceptors (Lipinski definition) is 3. The first-order valence-corrected chi connectivity index (χ1v) is 4.04. The third-order valence-corrected chi connectivity index (χ3v) is 2.70. The summed E-state index contributed by atoms with van der Waals surface area (Å²) in [5.74, 6) is -1.27. The molecular formula is C7H5NO3S. The molecular weight excluding hydrogens is 178 g/mol. The zero-order valence-corrected chi connectivity index (χ0v) is 6.68. The number of carboxylic acid groups (broad SMARTS) is 1. The first kappa shape index (κ1) is 7.17. The predicted octanol–water partition coefficient (Wildman–Crippen LogP) is 1.63. The first-order valence-electron chi connectivity index (χ1n) is 3.22. The highest BCUT2D eigenvalue weighted by Crippen LogP contribution is 2.35. The Morgan fingerprint density at radius 2 is 2.33 bits per heavy atom.